The molecule has 0 saturated heterocycles. The Morgan fingerprint density at radius 1 is 1.33 bits per heavy atom. The van der Waals surface area contributed by atoms with Crippen LogP contribution in [-0.4, -0.2) is 36.1 Å². The van der Waals surface area contributed by atoms with E-state index < -0.39 is 24.7 Å². The number of nitrogens with one attached hydrogen (secondary N) is 1. The molecular formula is C15H19F3N2O. The minimum atomic E-state index is -4.39. The fourth-order valence-electron chi connectivity index (χ4n) is 2.46. The Balaban J connectivity index is 2.24. The van der Waals surface area contributed by atoms with Crippen molar-refractivity contribution in [2.24, 2.45) is 0 Å². The van der Waals surface area contributed by atoms with Crippen LogP contribution in [0.3, 0.4) is 0 Å². The summed E-state index contributed by atoms with van der Waals surface area (Å²) in [5, 5.41) is 3.19. The van der Waals surface area contributed by atoms with Crippen LogP contribution in [0.1, 0.15) is 35.3 Å². The van der Waals surface area contributed by atoms with Gasteiger partial charge in [0, 0.05) is 18.2 Å². The van der Waals surface area contributed by atoms with E-state index >= 15 is 0 Å². The third-order valence-electron chi connectivity index (χ3n) is 3.57. The highest BCUT2D eigenvalue weighted by molar-refractivity contribution is 5.94. The van der Waals surface area contributed by atoms with E-state index in [0.29, 0.717) is 12.1 Å². The number of halogens is 3. The van der Waals surface area contributed by atoms with Crippen molar-refractivity contribution in [1.82, 2.24) is 10.2 Å². The minimum Gasteiger partial charge on any atom is -0.327 e. The van der Waals surface area contributed by atoms with Crippen molar-refractivity contribution < 1.29 is 18.0 Å². The normalized spacial score (nSPS) is 15.0. The second kappa shape index (κ2) is 6.05. The van der Waals surface area contributed by atoms with Gasteiger partial charge in [0.1, 0.15) is 6.54 Å². The van der Waals surface area contributed by atoms with Gasteiger partial charge < -0.3 is 10.2 Å². The number of hydrogen-bond acceptors (Lipinski definition) is 2. The van der Waals surface area contributed by atoms with Crippen LogP contribution < -0.4 is 5.32 Å². The maximum atomic E-state index is 12.6. The Morgan fingerprint density at radius 3 is 2.67 bits per heavy atom. The molecule has 1 aromatic carbocycles. The van der Waals surface area contributed by atoms with Crippen molar-refractivity contribution in [2.75, 3.05) is 13.1 Å². The molecule has 1 aliphatic rings. The van der Waals surface area contributed by atoms with Gasteiger partial charge in [0.05, 0.1) is 0 Å². The number of benzene rings is 1. The zero-order valence-corrected chi connectivity index (χ0v) is 12.1. The van der Waals surface area contributed by atoms with E-state index in [9.17, 15) is 18.0 Å². The van der Waals surface area contributed by atoms with Crippen LogP contribution in [0.2, 0.25) is 0 Å². The highest BCUT2D eigenvalue weighted by Crippen LogP contribution is 2.22. The summed E-state index contributed by atoms with van der Waals surface area (Å²) in [5.41, 5.74) is 2.45. The summed E-state index contributed by atoms with van der Waals surface area (Å²) in [5.74, 6) is -0.573. The smallest absolute Gasteiger partial charge is 0.327 e. The molecule has 6 heteroatoms. The minimum absolute atomic E-state index is 0.315. The summed E-state index contributed by atoms with van der Waals surface area (Å²) in [4.78, 5) is 13.2. The molecule has 1 aromatic rings. The zero-order chi connectivity index (χ0) is 15.6. The lowest BCUT2D eigenvalue weighted by Crippen LogP contribution is -2.43. The SMILES string of the molecule is CC(C)N(CC(F)(F)F)C(=O)c1ccc2c(c1)CNCC2. The molecule has 1 aliphatic heterocycles. The number of hydrogen-bond donors (Lipinski definition) is 1. The maximum Gasteiger partial charge on any atom is 0.406 e. The lowest BCUT2D eigenvalue weighted by Gasteiger charge is -2.28. The van der Waals surface area contributed by atoms with Crippen molar-refractivity contribution in [1.29, 1.82) is 0 Å². The maximum absolute atomic E-state index is 12.6. The standard InChI is InChI=1S/C15H19F3N2O/c1-10(2)20(9-15(16,17)18)14(21)12-4-3-11-5-6-19-8-13(11)7-12/h3-4,7,10,19H,5-6,8-9H2,1-2H3. The van der Waals surface area contributed by atoms with E-state index in [1.165, 1.54) is 0 Å². The number of fused-ring (bicyclic) bond motifs is 1. The van der Waals surface area contributed by atoms with Gasteiger partial charge in [-0.2, -0.15) is 13.2 Å². The molecule has 116 valence electrons. The van der Waals surface area contributed by atoms with Gasteiger partial charge in [-0.15, -0.1) is 0 Å². The Bertz CT molecular complexity index is 526. The van der Waals surface area contributed by atoms with Crippen molar-refractivity contribution in [3.8, 4) is 0 Å². The van der Waals surface area contributed by atoms with Crippen LogP contribution in [0, 0.1) is 0 Å². The van der Waals surface area contributed by atoms with Gasteiger partial charge in [0.2, 0.25) is 0 Å². The van der Waals surface area contributed by atoms with Crippen LogP contribution in [0.25, 0.3) is 0 Å². The van der Waals surface area contributed by atoms with Crippen LogP contribution in [0.5, 0.6) is 0 Å². The van der Waals surface area contributed by atoms with E-state index in [-0.39, 0.29) is 0 Å². The first kappa shape index (κ1) is 15.8. The van der Waals surface area contributed by atoms with Gasteiger partial charge in [-0.3, -0.25) is 4.79 Å². The van der Waals surface area contributed by atoms with Crippen LogP contribution >= 0.6 is 0 Å². The molecule has 0 aromatic heterocycles. The van der Waals surface area contributed by atoms with Gasteiger partial charge in [0.15, 0.2) is 0 Å². The molecule has 0 unspecified atom stereocenters. The summed E-state index contributed by atoms with van der Waals surface area (Å²) < 4.78 is 37.8. The fourth-order valence-corrected chi connectivity index (χ4v) is 2.46. The lowest BCUT2D eigenvalue weighted by atomic mass is 9.98. The van der Waals surface area contributed by atoms with Gasteiger partial charge in [0.25, 0.3) is 5.91 Å². The molecule has 1 heterocycles. The lowest BCUT2D eigenvalue weighted by molar-refractivity contribution is -0.143. The summed E-state index contributed by atoms with van der Waals surface area (Å²) >= 11 is 0. The van der Waals surface area contributed by atoms with Gasteiger partial charge >= 0.3 is 6.18 Å². The van der Waals surface area contributed by atoms with Gasteiger partial charge in [-0.25, -0.2) is 0 Å². The average Bonchev–Trinajstić information content (AvgIpc) is 2.42. The van der Waals surface area contributed by atoms with E-state index in [0.717, 1.165) is 29.0 Å². The molecule has 0 aliphatic carbocycles. The Hall–Kier alpha value is -1.56. The average molecular weight is 300 g/mol. The van der Waals surface area contributed by atoms with Crippen molar-refractivity contribution in [3.05, 3.63) is 34.9 Å². The number of nitrogens with zero attached hydrogens (tertiary/aromatic N) is 1. The first-order valence-electron chi connectivity index (χ1n) is 6.98. The number of carbonyl (C=O) groups is 1. The topological polar surface area (TPSA) is 32.3 Å². The summed E-state index contributed by atoms with van der Waals surface area (Å²) in [7, 11) is 0. The number of rotatable bonds is 3. The third-order valence-corrected chi connectivity index (χ3v) is 3.57. The quantitative estimate of drug-likeness (QED) is 0.931. The van der Waals surface area contributed by atoms with E-state index in [1.54, 1.807) is 26.0 Å². The second-order valence-electron chi connectivity index (χ2n) is 5.55. The second-order valence-corrected chi connectivity index (χ2v) is 5.55. The Morgan fingerprint density at radius 2 is 2.05 bits per heavy atom. The van der Waals surface area contributed by atoms with Crippen molar-refractivity contribution in [3.63, 3.8) is 0 Å². The predicted molar refractivity (Wildman–Crippen MR) is 74.1 cm³/mol. The molecule has 0 bridgehead atoms. The Labute approximate surface area is 122 Å². The van der Waals surface area contributed by atoms with Crippen molar-refractivity contribution >= 4 is 5.91 Å². The molecule has 1 N–H and O–H groups in total. The van der Waals surface area contributed by atoms with E-state index in [1.807, 2.05) is 6.07 Å². The monoisotopic (exact) mass is 300 g/mol. The Kier molecular flexibility index (Phi) is 4.56. The molecular weight excluding hydrogens is 281 g/mol. The molecule has 2 rings (SSSR count). The fraction of sp³-hybridized carbons (Fsp3) is 0.533. The molecule has 1 amide bonds. The molecule has 0 spiro atoms. The van der Waals surface area contributed by atoms with E-state index in [4.69, 9.17) is 0 Å². The molecule has 0 fully saturated rings. The number of alkyl halides is 3. The highest BCUT2D eigenvalue weighted by atomic mass is 19.4. The molecule has 21 heavy (non-hydrogen) atoms. The van der Waals surface area contributed by atoms with Gasteiger partial charge in [-0.1, -0.05) is 6.07 Å². The van der Waals surface area contributed by atoms with Crippen LogP contribution in [-0.2, 0) is 13.0 Å². The molecule has 0 radical (unpaired) electrons. The predicted octanol–water partition coefficient (Wildman–Crippen LogP) is 2.75. The number of amides is 1. The summed E-state index contributed by atoms with van der Waals surface area (Å²) in [6.45, 7) is 3.48. The third kappa shape index (κ3) is 3.97. The van der Waals surface area contributed by atoms with Gasteiger partial charge in [-0.05, 0) is 50.1 Å². The zero-order valence-electron chi connectivity index (χ0n) is 12.1. The highest BCUT2D eigenvalue weighted by Gasteiger charge is 2.34. The van der Waals surface area contributed by atoms with Crippen LogP contribution in [0.4, 0.5) is 13.2 Å². The molecule has 0 atom stereocenters. The summed E-state index contributed by atoms with van der Waals surface area (Å²) in [6, 6.07) is 4.66. The molecule has 3 nitrogen and oxygen atoms in total. The first-order valence-corrected chi connectivity index (χ1v) is 6.98. The first-order chi connectivity index (χ1) is 9.78. The molecule has 0 saturated carbocycles. The van der Waals surface area contributed by atoms with Crippen molar-refractivity contribution in [2.45, 2.75) is 39.0 Å². The summed E-state index contributed by atoms with van der Waals surface area (Å²) in [6.07, 6.45) is -3.52. The largest absolute Gasteiger partial charge is 0.406 e. The number of carbonyl (C=O) groups excluding carboxylic acids is 1. The van der Waals surface area contributed by atoms with Crippen LogP contribution in [0.15, 0.2) is 18.2 Å². The van der Waals surface area contributed by atoms with E-state index in [2.05, 4.69) is 5.32 Å².